The fourth-order valence-electron chi connectivity index (χ4n) is 3.33. The maximum absolute atomic E-state index is 6.30. The zero-order valence-corrected chi connectivity index (χ0v) is 14.6. The van der Waals surface area contributed by atoms with E-state index in [1.165, 1.54) is 0 Å². The third kappa shape index (κ3) is 2.56. The van der Waals surface area contributed by atoms with E-state index in [1.54, 1.807) is 0 Å². The predicted molar refractivity (Wildman–Crippen MR) is 107 cm³/mol. The number of furan rings is 1. The van der Waals surface area contributed by atoms with Crippen molar-refractivity contribution >= 4 is 33.5 Å². The van der Waals surface area contributed by atoms with E-state index in [-0.39, 0.29) is 0 Å². The average molecular weight is 356 g/mol. The van der Waals surface area contributed by atoms with Crippen molar-refractivity contribution in [2.24, 2.45) is 0 Å². The van der Waals surface area contributed by atoms with Gasteiger partial charge in [0.25, 0.3) is 0 Å². The molecule has 0 bridgehead atoms. The topological polar surface area (TPSA) is 26.0 Å². The molecule has 0 saturated carbocycles. The van der Waals surface area contributed by atoms with E-state index in [1.807, 2.05) is 54.6 Å². The van der Waals surface area contributed by atoms with Crippen LogP contribution in [0.3, 0.4) is 0 Å². The zero-order chi connectivity index (χ0) is 17.5. The van der Waals surface area contributed by atoms with Crippen LogP contribution >= 0.6 is 11.6 Å². The Balaban J connectivity index is 1.67. The van der Waals surface area contributed by atoms with Gasteiger partial charge < -0.3 is 4.42 Å². The normalized spacial score (nSPS) is 11.3. The van der Waals surface area contributed by atoms with Crippen LogP contribution in [0.4, 0.5) is 0 Å². The van der Waals surface area contributed by atoms with Gasteiger partial charge in [-0.25, -0.2) is 4.98 Å². The first-order valence-corrected chi connectivity index (χ1v) is 8.80. The van der Waals surface area contributed by atoms with Gasteiger partial charge in [0.1, 0.15) is 16.3 Å². The van der Waals surface area contributed by atoms with Gasteiger partial charge >= 0.3 is 0 Å². The first kappa shape index (κ1) is 15.2. The molecule has 0 saturated heterocycles. The molecule has 0 unspecified atom stereocenters. The number of aromatic nitrogens is 1. The van der Waals surface area contributed by atoms with Crippen LogP contribution in [-0.4, -0.2) is 4.98 Å². The molecule has 0 aliphatic heterocycles. The van der Waals surface area contributed by atoms with E-state index in [2.05, 4.69) is 35.3 Å². The molecule has 5 rings (SSSR count). The molecule has 2 nitrogen and oxygen atoms in total. The zero-order valence-electron chi connectivity index (χ0n) is 13.8. The summed E-state index contributed by atoms with van der Waals surface area (Å²) in [5.74, 6) is 0. The lowest BCUT2D eigenvalue weighted by molar-refractivity contribution is 0.669. The van der Waals surface area contributed by atoms with Crippen molar-refractivity contribution in [2.75, 3.05) is 0 Å². The molecule has 26 heavy (non-hydrogen) atoms. The molecule has 2 heterocycles. The summed E-state index contributed by atoms with van der Waals surface area (Å²) >= 11 is 6.30. The molecule has 0 amide bonds. The number of hydrogen-bond acceptors (Lipinski definition) is 2. The Kier molecular flexibility index (Phi) is 3.51. The molecular weight excluding hydrogens is 342 g/mol. The first-order valence-electron chi connectivity index (χ1n) is 8.43. The predicted octanol–water partition coefficient (Wildman–Crippen LogP) is 6.97. The first-order chi connectivity index (χ1) is 12.8. The molecule has 0 atom stereocenters. The van der Waals surface area contributed by atoms with E-state index >= 15 is 0 Å². The fraction of sp³-hybridized carbons (Fsp3) is 0. The number of pyridine rings is 1. The number of halogens is 1. The van der Waals surface area contributed by atoms with Crippen LogP contribution in [0.25, 0.3) is 44.3 Å². The second-order valence-electron chi connectivity index (χ2n) is 6.24. The minimum atomic E-state index is 0.478. The number of para-hydroxylation sites is 1. The van der Waals surface area contributed by atoms with Crippen LogP contribution in [0, 0.1) is 0 Å². The Morgan fingerprint density at radius 3 is 2.27 bits per heavy atom. The lowest BCUT2D eigenvalue weighted by Crippen LogP contribution is -1.87. The standard InChI is InChI=1S/C23H14ClNO/c24-23-14-17(12-20(25-23)15-6-2-1-3-7-15)16-10-11-19-18-8-4-5-9-21(18)26-22(19)13-16/h1-14H. The number of fused-ring (bicyclic) bond motifs is 3. The molecule has 0 aliphatic carbocycles. The van der Waals surface area contributed by atoms with Gasteiger partial charge in [0.2, 0.25) is 0 Å². The molecule has 124 valence electrons. The molecule has 2 aromatic heterocycles. The Hall–Kier alpha value is -3.10. The van der Waals surface area contributed by atoms with Crippen molar-refractivity contribution in [1.29, 1.82) is 0 Å². The van der Waals surface area contributed by atoms with Crippen molar-refractivity contribution in [1.82, 2.24) is 4.98 Å². The molecule has 3 heteroatoms. The molecule has 0 fully saturated rings. The minimum Gasteiger partial charge on any atom is -0.456 e. The van der Waals surface area contributed by atoms with Gasteiger partial charge in [-0.15, -0.1) is 0 Å². The van der Waals surface area contributed by atoms with Crippen molar-refractivity contribution in [3.05, 3.63) is 90.1 Å². The Labute approximate surface area is 155 Å². The number of benzene rings is 3. The largest absolute Gasteiger partial charge is 0.456 e. The summed E-state index contributed by atoms with van der Waals surface area (Å²) in [5.41, 5.74) is 5.75. The van der Waals surface area contributed by atoms with Gasteiger partial charge in [-0.1, -0.05) is 66.2 Å². The van der Waals surface area contributed by atoms with Crippen molar-refractivity contribution in [3.8, 4) is 22.4 Å². The monoisotopic (exact) mass is 355 g/mol. The summed E-state index contributed by atoms with van der Waals surface area (Å²) in [6.07, 6.45) is 0. The van der Waals surface area contributed by atoms with Crippen molar-refractivity contribution in [2.45, 2.75) is 0 Å². The second kappa shape index (κ2) is 6.01. The third-order valence-electron chi connectivity index (χ3n) is 4.58. The van der Waals surface area contributed by atoms with Gasteiger partial charge in [-0.3, -0.25) is 0 Å². The summed E-state index contributed by atoms with van der Waals surface area (Å²) in [5, 5.41) is 2.73. The molecule has 0 N–H and O–H groups in total. The van der Waals surface area contributed by atoms with Gasteiger partial charge in [-0.05, 0) is 41.5 Å². The van der Waals surface area contributed by atoms with E-state index in [4.69, 9.17) is 16.0 Å². The van der Waals surface area contributed by atoms with Gasteiger partial charge in [-0.2, -0.15) is 0 Å². The van der Waals surface area contributed by atoms with Gasteiger partial charge in [0, 0.05) is 16.3 Å². The lowest BCUT2D eigenvalue weighted by atomic mass is 10.0. The third-order valence-corrected chi connectivity index (χ3v) is 4.77. The average Bonchev–Trinajstić information content (AvgIpc) is 3.06. The van der Waals surface area contributed by atoms with E-state index in [0.29, 0.717) is 5.15 Å². The summed E-state index contributed by atoms with van der Waals surface area (Å²) in [7, 11) is 0. The van der Waals surface area contributed by atoms with Crippen LogP contribution in [0.1, 0.15) is 0 Å². The highest BCUT2D eigenvalue weighted by Gasteiger charge is 2.10. The number of hydrogen-bond donors (Lipinski definition) is 0. The highest BCUT2D eigenvalue weighted by atomic mass is 35.5. The maximum atomic E-state index is 6.30. The van der Waals surface area contributed by atoms with E-state index in [0.717, 1.165) is 44.3 Å². The highest BCUT2D eigenvalue weighted by molar-refractivity contribution is 6.29. The SMILES string of the molecule is Clc1cc(-c2ccc3c(c2)oc2ccccc23)cc(-c2ccccc2)n1. The minimum absolute atomic E-state index is 0.478. The number of rotatable bonds is 2. The quantitative estimate of drug-likeness (QED) is 0.319. The lowest BCUT2D eigenvalue weighted by Gasteiger charge is -2.07. The fourth-order valence-corrected chi connectivity index (χ4v) is 3.53. The summed E-state index contributed by atoms with van der Waals surface area (Å²) in [6.45, 7) is 0. The smallest absolute Gasteiger partial charge is 0.136 e. The Morgan fingerprint density at radius 1 is 0.615 bits per heavy atom. The highest BCUT2D eigenvalue weighted by Crippen LogP contribution is 2.33. The molecule has 5 aromatic rings. The molecule has 0 radical (unpaired) electrons. The van der Waals surface area contributed by atoms with Crippen molar-refractivity contribution < 1.29 is 4.42 Å². The van der Waals surface area contributed by atoms with Gasteiger partial charge in [0.05, 0.1) is 5.69 Å². The van der Waals surface area contributed by atoms with E-state index in [9.17, 15) is 0 Å². The van der Waals surface area contributed by atoms with Crippen molar-refractivity contribution in [3.63, 3.8) is 0 Å². The number of nitrogens with zero attached hydrogens (tertiary/aromatic N) is 1. The summed E-state index contributed by atoms with van der Waals surface area (Å²) < 4.78 is 6.01. The molecule has 3 aromatic carbocycles. The van der Waals surface area contributed by atoms with Crippen LogP contribution in [0.15, 0.2) is 89.3 Å². The molecule has 0 spiro atoms. The summed E-state index contributed by atoms with van der Waals surface area (Å²) in [4.78, 5) is 4.47. The molecule has 0 aliphatic rings. The second-order valence-corrected chi connectivity index (χ2v) is 6.63. The summed E-state index contributed by atoms with van der Waals surface area (Å²) in [6, 6.07) is 28.4. The van der Waals surface area contributed by atoms with Crippen LogP contribution in [-0.2, 0) is 0 Å². The van der Waals surface area contributed by atoms with Crippen LogP contribution in [0.2, 0.25) is 5.15 Å². The maximum Gasteiger partial charge on any atom is 0.136 e. The van der Waals surface area contributed by atoms with E-state index < -0.39 is 0 Å². The van der Waals surface area contributed by atoms with Crippen LogP contribution in [0.5, 0.6) is 0 Å². The molecular formula is C23H14ClNO. The Bertz CT molecular complexity index is 1240. The van der Waals surface area contributed by atoms with Crippen LogP contribution < -0.4 is 0 Å². The Morgan fingerprint density at radius 2 is 1.38 bits per heavy atom. The van der Waals surface area contributed by atoms with Gasteiger partial charge in [0.15, 0.2) is 0 Å².